The van der Waals surface area contributed by atoms with Gasteiger partial charge in [0, 0.05) is 43.9 Å². The average molecular weight is 344 g/mol. The summed E-state index contributed by atoms with van der Waals surface area (Å²) >= 11 is 0. The molecule has 3 heterocycles. The Labute approximate surface area is 149 Å². The Morgan fingerprint density at radius 3 is 2.68 bits per heavy atom. The van der Waals surface area contributed by atoms with Gasteiger partial charge in [0.05, 0.1) is 5.92 Å². The smallest absolute Gasteiger partial charge is 0.225 e. The molecule has 0 saturated carbocycles. The zero-order valence-corrected chi connectivity index (χ0v) is 15.1. The van der Waals surface area contributed by atoms with Crippen LogP contribution in [-0.2, 0) is 9.59 Å². The molecule has 2 fully saturated rings. The van der Waals surface area contributed by atoms with Gasteiger partial charge in [0.25, 0.3) is 0 Å². The quantitative estimate of drug-likeness (QED) is 0.893. The van der Waals surface area contributed by atoms with Gasteiger partial charge in [-0.05, 0) is 44.6 Å². The van der Waals surface area contributed by atoms with Crippen LogP contribution in [0.3, 0.4) is 0 Å². The molecule has 0 bridgehead atoms. The van der Waals surface area contributed by atoms with E-state index in [1.807, 2.05) is 30.2 Å². The molecule has 2 aliphatic rings. The van der Waals surface area contributed by atoms with Crippen LogP contribution in [0.15, 0.2) is 24.5 Å². The van der Waals surface area contributed by atoms with Crippen molar-refractivity contribution in [1.29, 1.82) is 0 Å². The first-order valence-electron chi connectivity index (χ1n) is 9.25. The van der Waals surface area contributed by atoms with Gasteiger partial charge >= 0.3 is 0 Å². The monoisotopic (exact) mass is 344 g/mol. The SMILES string of the molecule is CCC(=O)N1C[C@@H](C(=O)NC2CCN(C)CC2)[C@H](c2cccnc2)C1. The minimum absolute atomic E-state index is 0.0236. The van der Waals surface area contributed by atoms with E-state index in [1.54, 1.807) is 6.20 Å². The second kappa shape index (κ2) is 7.95. The van der Waals surface area contributed by atoms with E-state index in [0.29, 0.717) is 19.5 Å². The van der Waals surface area contributed by atoms with E-state index >= 15 is 0 Å². The molecule has 6 nitrogen and oxygen atoms in total. The van der Waals surface area contributed by atoms with Crippen molar-refractivity contribution >= 4 is 11.8 Å². The first kappa shape index (κ1) is 17.9. The number of rotatable bonds is 4. The van der Waals surface area contributed by atoms with Crippen LogP contribution in [0.2, 0.25) is 0 Å². The third kappa shape index (κ3) is 4.18. The van der Waals surface area contributed by atoms with Gasteiger partial charge in [-0.1, -0.05) is 13.0 Å². The van der Waals surface area contributed by atoms with Crippen LogP contribution in [0.5, 0.6) is 0 Å². The highest BCUT2D eigenvalue weighted by molar-refractivity contribution is 5.83. The summed E-state index contributed by atoms with van der Waals surface area (Å²) in [5.74, 6) is 0.0214. The maximum Gasteiger partial charge on any atom is 0.225 e. The fraction of sp³-hybridized carbons (Fsp3) is 0.632. The number of pyridine rings is 1. The van der Waals surface area contributed by atoms with Crippen molar-refractivity contribution in [2.75, 3.05) is 33.2 Å². The second-order valence-electron chi connectivity index (χ2n) is 7.24. The van der Waals surface area contributed by atoms with Gasteiger partial charge in [0.15, 0.2) is 0 Å². The summed E-state index contributed by atoms with van der Waals surface area (Å²) in [7, 11) is 2.11. The minimum atomic E-state index is -0.195. The highest BCUT2D eigenvalue weighted by Gasteiger charge is 2.40. The fourth-order valence-corrected chi connectivity index (χ4v) is 3.89. The predicted molar refractivity (Wildman–Crippen MR) is 96.0 cm³/mol. The van der Waals surface area contributed by atoms with Crippen LogP contribution in [0.1, 0.15) is 37.7 Å². The number of amides is 2. The number of piperidine rings is 1. The molecule has 1 N–H and O–H groups in total. The molecule has 2 amide bonds. The highest BCUT2D eigenvalue weighted by atomic mass is 16.2. The molecule has 2 aliphatic heterocycles. The number of likely N-dealkylation sites (tertiary alicyclic amines) is 2. The van der Waals surface area contributed by atoms with E-state index in [0.717, 1.165) is 31.5 Å². The van der Waals surface area contributed by atoms with Crippen LogP contribution < -0.4 is 5.32 Å². The van der Waals surface area contributed by atoms with Crippen molar-refractivity contribution < 1.29 is 9.59 Å². The van der Waals surface area contributed by atoms with Crippen LogP contribution >= 0.6 is 0 Å². The summed E-state index contributed by atoms with van der Waals surface area (Å²) in [5.41, 5.74) is 1.04. The van der Waals surface area contributed by atoms with E-state index in [2.05, 4.69) is 22.2 Å². The van der Waals surface area contributed by atoms with Crippen LogP contribution in [-0.4, -0.2) is 65.9 Å². The number of aromatic nitrogens is 1. The lowest BCUT2D eigenvalue weighted by atomic mass is 9.89. The van der Waals surface area contributed by atoms with Gasteiger partial charge < -0.3 is 15.1 Å². The Morgan fingerprint density at radius 1 is 1.28 bits per heavy atom. The molecule has 0 aliphatic carbocycles. The molecule has 25 heavy (non-hydrogen) atoms. The van der Waals surface area contributed by atoms with Crippen molar-refractivity contribution in [1.82, 2.24) is 20.1 Å². The molecule has 2 saturated heterocycles. The molecule has 136 valence electrons. The van der Waals surface area contributed by atoms with Crippen molar-refractivity contribution in [3.8, 4) is 0 Å². The molecule has 0 aromatic carbocycles. The van der Waals surface area contributed by atoms with E-state index in [9.17, 15) is 9.59 Å². The first-order valence-corrected chi connectivity index (χ1v) is 9.25. The van der Waals surface area contributed by atoms with E-state index in [4.69, 9.17) is 0 Å². The van der Waals surface area contributed by atoms with Gasteiger partial charge in [-0.25, -0.2) is 0 Å². The topological polar surface area (TPSA) is 65.5 Å². The number of carbonyl (C=O) groups is 2. The van der Waals surface area contributed by atoms with Crippen LogP contribution in [0.4, 0.5) is 0 Å². The molecule has 0 unspecified atom stereocenters. The van der Waals surface area contributed by atoms with Crippen molar-refractivity contribution in [3.05, 3.63) is 30.1 Å². The Morgan fingerprint density at radius 2 is 2.04 bits per heavy atom. The second-order valence-corrected chi connectivity index (χ2v) is 7.24. The Kier molecular flexibility index (Phi) is 5.68. The standard InChI is InChI=1S/C19H28N4O2/c1-3-18(24)23-12-16(14-5-4-8-20-11-14)17(13-23)19(25)21-15-6-9-22(2)10-7-15/h4-5,8,11,15-17H,3,6-7,9-10,12-13H2,1-2H3,(H,21,25)/t16-,17+/m0/s1. The maximum absolute atomic E-state index is 13.0. The summed E-state index contributed by atoms with van der Waals surface area (Å²) in [6, 6.07) is 4.15. The van der Waals surface area contributed by atoms with Crippen LogP contribution in [0.25, 0.3) is 0 Å². The average Bonchev–Trinajstić information content (AvgIpc) is 3.09. The first-order chi connectivity index (χ1) is 12.1. The lowest BCUT2D eigenvalue weighted by molar-refractivity contribution is -0.130. The summed E-state index contributed by atoms with van der Waals surface area (Å²) in [6.45, 7) is 5.01. The Balaban J connectivity index is 1.71. The largest absolute Gasteiger partial charge is 0.353 e. The Bertz CT molecular complexity index is 599. The van der Waals surface area contributed by atoms with Crippen LogP contribution in [0, 0.1) is 5.92 Å². The zero-order chi connectivity index (χ0) is 17.8. The molecule has 3 rings (SSSR count). The van der Waals surface area contributed by atoms with Gasteiger partial charge in [-0.2, -0.15) is 0 Å². The Hall–Kier alpha value is -1.95. The van der Waals surface area contributed by atoms with E-state index in [1.165, 1.54) is 0 Å². The molecule has 0 radical (unpaired) electrons. The summed E-state index contributed by atoms with van der Waals surface area (Å²) < 4.78 is 0. The van der Waals surface area contributed by atoms with Crippen molar-refractivity contribution in [2.24, 2.45) is 5.92 Å². The molecule has 1 aromatic heterocycles. The normalized spacial score (nSPS) is 25.1. The molecule has 1 aromatic rings. The third-order valence-corrected chi connectivity index (χ3v) is 5.49. The number of hydrogen-bond donors (Lipinski definition) is 1. The van der Waals surface area contributed by atoms with Crippen molar-refractivity contribution in [2.45, 2.75) is 38.1 Å². The van der Waals surface area contributed by atoms with Gasteiger partial charge in [0.2, 0.25) is 11.8 Å². The highest BCUT2D eigenvalue weighted by Crippen LogP contribution is 2.33. The number of nitrogens with one attached hydrogen (secondary N) is 1. The molecule has 2 atom stereocenters. The molecular weight excluding hydrogens is 316 g/mol. The van der Waals surface area contributed by atoms with E-state index < -0.39 is 0 Å². The molecule has 6 heteroatoms. The lowest BCUT2D eigenvalue weighted by Gasteiger charge is -2.30. The predicted octanol–water partition coefficient (Wildman–Crippen LogP) is 1.24. The van der Waals surface area contributed by atoms with Gasteiger partial charge in [0.1, 0.15) is 0 Å². The van der Waals surface area contributed by atoms with Crippen molar-refractivity contribution in [3.63, 3.8) is 0 Å². The fourth-order valence-electron chi connectivity index (χ4n) is 3.89. The van der Waals surface area contributed by atoms with Gasteiger partial charge in [-0.15, -0.1) is 0 Å². The summed E-state index contributed by atoms with van der Waals surface area (Å²) in [6.07, 6.45) is 6.01. The number of carbonyl (C=O) groups excluding carboxylic acids is 2. The summed E-state index contributed by atoms with van der Waals surface area (Å²) in [5, 5.41) is 3.23. The molecular formula is C19H28N4O2. The third-order valence-electron chi connectivity index (χ3n) is 5.49. The lowest BCUT2D eigenvalue weighted by Crippen LogP contribution is -2.46. The van der Waals surface area contributed by atoms with E-state index in [-0.39, 0.29) is 29.7 Å². The molecule has 0 spiro atoms. The minimum Gasteiger partial charge on any atom is -0.353 e. The van der Waals surface area contributed by atoms with Gasteiger partial charge in [-0.3, -0.25) is 14.6 Å². The number of hydrogen-bond acceptors (Lipinski definition) is 4. The summed E-state index contributed by atoms with van der Waals surface area (Å²) in [4.78, 5) is 33.4. The zero-order valence-electron chi connectivity index (χ0n) is 15.1. The number of nitrogens with zero attached hydrogens (tertiary/aromatic N) is 3. The maximum atomic E-state index is 13.0.